The summed E-state index contributed by atoms with van der Waals surface area (Å²) >= 11 is 0. The molecule has 96 valence electrons. The van der Waals surface area contributed by atoms with Crippen molar-refractivity contribution in [2.45, 2.75) is 19.8 Å². The molecule has 0 N–H and O–H groups in total. The van der Waals surface area contributed by atoms with Gasteiger partial charge in [0.2, 0.25) is 0 Å². The molecule has 2 rings (SSSR count). The van der Waals surface area contributed by atoms with Crippen molar-refractivity contribution in [1.29, 1.82) is 0 Å². The lowest BCUT2D eigenvalue weighted by Crippen LogP contribution is -2.37. The van der Waals surface area contributed by atoms with Crippen LogP contribution in [0, 0.1) is 5.92 Å². The Hall–Kier alpha value is -1.77. The van der Waals surface area contributed by atoms with Gasteiger partial charge >= 0.3 is 0 Å². The Bertz CT molecular complexity index is 417. The van der Waals surface area contributed by atoms with Crippen molar-refractivity contribution in [2.75, 3.05) is 13.1 Å². The van der Waals surface area contributed by atoms with Crippen molar-refractivity contribution < 1.29 is 9.53 Å². The van der Waals surface area contributed by atoms with Gasteiger partial charge in [-0.15, -0.1) is 0 Å². The van der Waals surface area contributed by atoms with E-state index in [0.717, 1.165) is 37.4 Å². The first-order chi connectivity index (χ1) is 8.70. The summed E-state index contributed by atoms with van der Waals surface area (Å²) in [6, 6.07) is 7.20. The van der Waals surface area contributed by atoms with Crippen LogP contribution in [0.3, 0.4) is 0 Å². The second kappa shape index (κ2) is 5.71. The number of carbonyl (C=O) groups is 1. The summed E-state index contributed by atoms with van der Waals surface area (Å²) in [7, 11) is 0. The van der Waals surface area contributed by atoms with Crippen molar-refractivity contribution in [1.82, 2.24) is 4.90 Å². The monoisotopic (exact) mass is 245 g/mol. The number of hydrogen-bond acceptors (Lipinski definition) is 2. The lowest BCUT2D eigenvalue weighted by molar-refractivity contribution is 0.0697. The molecule has 1 aromatic rings. The van der Waals surface area contributed by atoms with Crippen molar-refractivity contribution in [3.8, 4) is 5.75 Å². The summed E-state index contributed by atoms with van der Waals surface area (Å²) in [6.45, 7) is 7.47. The van der Waals surface area contributed by atoms with E-state index >= 15 is 0 Å². The van der Waals surface area contributed by atoms with Gasteiger partial charge in [0.25, 0.3) is 5.91 Å². The van der Waals surface area contributed by atoms with Crippen molar-refractivity contribution in [3.05, 3.63) is 42.7 Å². The van der Waals surface area contributed by atoms with E-state index in [0.29, 0.717) is 5.75 Å². The second-order valence-electron chi connectivity index (χ2n) is 4.78. The van der Waals surface area contributed by atoms with Crippen LogP contribution in [0.15, 0.2) is 37.1 Å². The highest BCUT2D eigenvalue weighted by Gasteiger charge is 2.21. The Labute approximate surface area is 108 Å². The molecule has 1 aliphatic heterocycles. The highest BCUT2D eigenvalue weighted by Crippen LogP contribution is 2.19. The molecule has 1 amide bonds. The number of rotatable bonds is 3. The summed E-state index contributed by atoms with van der Waals surface area (Å²) in [5.41, 5.74) is 0.723. The number of ether oxygens (including phenoxy) is 1. The molecule has 1 aromatic carbocycles. The van der Waals surface area contributed by atoms with Gasteiger partial charge in [-0.3, -0.25) is 4.79 Å². The first kappa shape index (κ1) is 12.7. The molecule has 18 heavy (non-hydrogen) atoms. The van der Waals surface area contributed by atoms with Gasteiger partial charge in [-0.05, 0) is 43.0 Å². The first-order valence-electron chi connectivity index (χ1n) is 6.37. The average molecular weight is 245 g/mol. The maximum absolute atomic E-state index is 12.2. The number of nitrogens with zero attached hydrogens (tertiary/aromatic N) is 1. The third-order valence-corrected chi connectivity index (χ3v) is 3.39. The van der Waals surface area contributed by atoms with Crippen LogP contribution in [0.5, 0.6) is 5.75 Å². The van der Waals surface area contributed by atoms with Crippen molar-refractivity contribution in [3.63, 3.8) is 0 Å². The fraction of sp³-hybridized carbons (Fsp3) is 0.400. The minimum Gasteiger partial charge on any atom is -0.466 e. The zero-order chi connectivity index (χ0) is 13.0. The van der Waals surface area contributed by atoms with E-state index in [4.69, 9.17) is 4.74 Å². The zero-order valence-electron chi connectivity index (χ0n) is 10.8. The van der Waals surface area contributed by atoms with Gasteiger partial charge in [0.15, 0.2) is 0 Å². The summed E-state index contributed by atoms with van der Waals surface area (Å²) < 4.78 is 5.14. The number of hydrogen-bond donors (Lipinski definition) is 0. The van der Waals surface area contributed by atoms with Crippen LogP contribution in [-0.4, -0.2) is 23.9 Å². The Morgan fingerprint density at radius 2 is 1.94 bits per heavy atom. The molecule has 0 unspecified atom stereocenters. The molecule has 0 atom stereocenters. The van der Waals surface area contributed by atoms with Gasteiger partial charge in [0.05, 0.1) is 6.26 Å². The number of piperidine rings is 1. The normalized spacial score (nSPS) is 16.4. The highest BCUT2D eigenvalue weighted by molar-refractivity contribution is 5.94. The van der Waals surface area contributed by atoms with Gasteiger partial charge in [-0.1, -0.05) is 13.5 Å². The Balaban J connectivity index is 2.02. The maximum atomic E-state index is 12.2. The molecule has 0 spiro atoms. The molecule has 1 saturated heterocycles. The molecule has 1 heterocycles. The quantitative estimate of drug-likeness (QED) is 0.766. The molecule has 3 nitrogen and oxygen atoms in total. The highest BCUT2D eigenvalue weighted by atomic mass is 16.5. The van der Waals surface area contributed by atoms with E-state index in [9.17, 15) is 4.79 Å². The summed E-state index contributed by atoms with van der Waals surface area (Å²) in [6.07, 6.45) is 3.58. The van der Waals surface area contributed by atoms with Crippen LogP contribution >= 0.6 is 0 Å². The van der Waals surface area contributed by atoms with E-state index in [-0.39, 0.29) is 5.91 Å². The summed E-state index contributed by atoms with van der Waals surface area (Å²) in [5.74, 6) is 1.55. The van der Waals surface area contributed by atoms with Crippen LogP contribution in [0.1, 0.15) is 30.1 Å². The van der Waals surface area contributed by atoms with E-state index in [1.165, 1.54) is 6.26 Å². The van der Waals surface area contributed by atoms with Crippen LogP contribution in [0.25, 0.3) is 0 Å². The first-order valence-corrected chi connectivity index (χ1v) is 6.37. The third kappa shape index (κ3) is 2.92. The van der Waals surface area contributed by atoms with Gasteiger partial charge in [0.1, 0.15) is 5.75 Å². The number of benzene rings is 1. The molecule has 3 heteroatoms. The third-order valence-electron chi connectivity index (χ3n) is 3.39. The molecule has 0 radical (unpaired) electrons. The van der Waals surface area contributed by atoms with Crippen LogP contribution in [-0.2, 0) is 0 Å². The Morgan fingerprint density at radius 3 is 2.50 bits per heavy atom. The van der Waals surface area contributed by atoms with Gasteiger partial charge in [0, 0.05) is 18.7 Å². The number of carbonyl (C=O) groups excluding carboxylic acids is 1. The predicted molar refractivity (Wildman–Crippen MR) is 71.6 cm³/mol. The lowest BCUT2D eigenvalue weighted by atomic mass is 9.98. The average Bonchev–Trinajstić information content (AvgIpc) is 2.40. The van der Waals surface area contributed by atoms with Gasteiger partial charge in [-0.2, -0.15) is 0 Å². The molecule has 0 aromatic heterocycles. The smallest absolute Gasteiger partial charge is 0.253 e. The molecule has 0 saturated carbocycles. The molecule has 0 bridgehead atoms. The van der Waals surface area contributed by atoms with Crippen LogP contribution in [0.4, 0.5) is 0 Å². The standard InChI is InChI=1S/C15H19NO2/c1-3-18-14-6-4-13(5-7-14)15(17)16-10-8-12(2)9-11-16/h3-7,12H,1,8-11H2,2H3. The molecule has 1 fully saturated rings. The van der Waals surface area contributed by atoms with Crippen LogP contribution in [0.2, 0.25) is 0 Å². The molecular formula is C15H19NO2. The summed E-state index contributed by atoms with van der Waals surface area (Å²) in [4.78, 5) is 14.2. The maximum Gasteiger partial charge on any atom is 0.253 e. The largest absolute Gasteiger partial charge is 0.466 e. The van der Waals surface area contributed by atoms with E-state index < -0.39 is 0 Å². The van der Waals surface area contributed by atoms with E-state index in [1.54, 1.807) is 24.3 Å². The number of amides is 1. The summed E-state index contributed by atoms with van der Waals surface area (Å²) in [5, 5.41) is 0. The fourth-order valence-electron chi connectivity index (χ4n) is 2.17. The minimum atomic E-state index is 0.118. The van der Waals surface area contributed by atoms with E-state index in [2.05, 4.69) is 13.5 Å². The number of likely N-dealkylation sites (tertiary alicyclic amines) is 1. The van der Waals surface area contributed by atoms with E-state index in [1.807, 2.05) is 4.90 Å². The van der Waals surface area contributed by atoms with Gasteiger partial charge < -0.3 is 9.64 Å². The van der Waals surface area contributed by atoms with Crippen LogP contribution < -0.4 is 4.74 Å². The topological polar surface area (TPSA) is 29.5 Å². The Morgan fingerprint density at radius 1 is 1.33 bits per heavy atom. The molecule has 1 aliphatic rings. The SMILES string of the molecule is C=COc1ccc(C(=O)N2CCC(C)CC2)cc1. The molecule has 0 aliphatic carbocycles. The van der Waals surface area contributed by atoms with Crippen molar-refractivity contribution in [2.24, 2.45) is 5.92 Å². The minimum absolute atomic E-state index is 0.118. The zero-order valence-corrected chi connectivity index (χ0v) is 10.8. The van der Waals surface area contributed by atoms with Crippen molar-refractivity contribution >= 4 is 5.91 Å². The fourth-order valence-corrected chi connectivity index (χ4v) is 2.17. The lowest BCUT2D eigenvalue weighted by Gasteiger charge is -2.30. The predicted octanol–water partition coefficient (Wildman–Crippen LogP) is 3.08. The second-order valence-corrected chi connectivity index (χ2v) is 4.78. The molecular weight excluding hydrogens is 226 g/mol. The Kier molecular flexibility index (Phi) is 4.03. The van der Waals surface area contributed by atoms with Gasteiger partial charge in [-0.25, -0.2) is 0 Å².